The molecule has 5 nitrogen and oxygen atoms in total. The first-order chi connectivity index (χ1) is 12.0. The fourth-order valence-corrected chi connectivity index (χ4v) is 3.30. The highest BCUT2D eigenvalue weighted by molar-refractivity contribution is 8.19. The number of hydrogen-bond donors (Lipinski definition) is 1. The predicted octanol–water partition coefficient (Wildman–Crippen LogP) is 4.69. The van der Waals surface area contributed by atoms with Crippen LogP contribution < -0.4 is 9.64 Å². The van der Waals surface area contributed by atoms with E-state index in [1.165, 1.54) is 6.07 Å². The molecule has 3 rings (SSSR count). The number of rotatable bonds is 4. The maximum absolute atomic E-state index is 12.6. The van der Waals surface area contributed by atoms with Crippen molar-refractivity contribution in [1.29, 1.82) is 0 Å². The molecule has 0 atom stereocenters. The molecular weight excluding hydrogens is 362 g/mol. The van der Waals surface area contributed by atoms with Crippen molar-refractivity contribution in [2.75, 3.05) is 11.5 Å². The van der Waals surface area contributed by atoms with Crippen LogP contribution in [0.25, 0.3) is 6.08 Å². The van der Waals surface area contributed by atoms with Crippen molar-refractivity contribution >= 4 is 46.3 Å². The Kier molecular flexibility index (Phi) is 5.01. The molecule has 2 amide bonds. The Morgan fingerprint density at radius 3 is 2.56 bits per heavy atom. The van der Waals surface area contributed by atoms with Crippen LogP contribution in [0.3, 0.4) is 0 Å². The lowest BCUT2D eigenvalue weighted by Gasteiger charge is -2.12. The number of imide groups is 1. The number of benzene rings is 2. The Morgan fingerprint density at radius 2 is 1.92 bits per heavy atom. The SMILES string of the molecule is CCOc1ccc(C=C2SC(=O)N(c3ccc(Cl)cc3)C2=O)cc1O. The van der Waals surface area contributed by atoms with E-state index in [0.29, 0.717) is 28.6 Å². The van der Waals surface area contributed by atoms with E-state index in [1.54, 1.807) is 42.5 Å². The van der Waals surface area contributed by atoms with Gasteiger partial charge in [-0.3, -0.25) is 9.59 Å². The fourth-order valence-electron chi connectivity index (χ4n) is 2.33. The standard InChI is InChI=1S/C18H14ClNO4S/c1-2-24-15-8-3-11(9-14(15)21)10-16-17(22)20(18(23)25-16)13-6-4-12(19)5-7-13/h3-10,21H,2H2,1H3. The summed E-state index contributed by atoms with van der Waals surface area (Å²) in [4.78, 5) is 26.1. The summed E-state index contributed by atoms with van der Waals surface area (Å²) in [5.74, 6) is -0.0628. The van der Waals surface area contributed by atoms with Crippen LogP contribution in [0.4, 0.5) is 10.5 Å². The molecule has 1 aliphatic rings. The number of carbonyl (C=O) groups excluding carboxylic acids is 2. The van der Waals surface area contributed by atoms with Crippen molar-refractivity contribution in [1.82, 2.24) is 0 Å². The van der Waals surface area contributed by atoms with Crippen LogP contribution in [-0.2, 0) is 4.79 Å². The van der Waals surface area contributed by atoms with E-state index in [2.05, 4.69) is 0 Å². The van der Waals surface area contributed by atoms with E-state index in [9.17, 15) is 14.7 Å². The number of thioether (sulfide) groups is 1. The van der Waals surface area contributed by atoms with Gasteiger partial charge in [0.25, 0.3) is 11.1 Å². The summed E-state index contributed by atoms with van der Waals surface area (Å²) in [5.41, 5.74) is 1.06. The lowest BCUT2D eigenvalue weighted by molar-refractivity contribution is -0.113. The number of phenols is 1. The number of amides is 2. The van der Waals surface area contributed by atoms with Crippen LogP contribution in [0.15, 0.2) is 47.4 Å². The molecule has 1 fully saturated rings. The molecule has 0 aromatic heterocycles. The fraction of sp³-hybridized carbons (Fsp3) is 0.111. The number of hydrogen-bond acceptors (Lipinski definition) is 5. The molecule has 2 aromatic rings. The van der Waals surface area contributed by atoms with E-state index in [0.717, 1.165) is 16.7 Å². The van der Waals surface area contributed by atoms with E-state index in [1.807, 2.05) is 6.92 Å². The third-order valence-electron chi connectivity index (χ3n) is 3.46. The largest absolute Gasteiger partial charge is 0.504 e. The first-order valence-electron chi connectivity index (χ1n) is 7.49. The Morgan fingerprint density at radius 1 is 1.20 bits per heavy atom. The third-order valence-corrected chi connectivity index (χ3v) is 4.58. The minimum absolute atomic E-state index is 0.0208. The van der Waals surface area contributed by atoms with Crippen LogP contribution in [0.1, 0.15) is 12.5 Å². The van der Waals surface area contributed by atoms with E-state index in [-0.39, 0.29) is 15.9 Å². The number of nitrogens with zero attached hydrogens (tertiary/aromatic N) is 1. The summed E-state index contributed by atoms with van der Waals surface area (Å²) in [7, 11) is 0. The summed E-state index contributed by atoms with van der Waals surface area (Å²) >= 11 is 6.69. The molecule has 0 unspecified atom stereocenters. The minimum atomic E-state index is -0.411. The molecule has 128 valence electrons. The summed E-state index contributed by atoms with van der Waals surface area (Å²) in [5, 5.41) is 10.1. The highest BCUT2D eigenvalue weighted by Gasteiger charge is 2.36. The van der Waals surface area contributed by atoms with E-state index >= 15 is 0 Å². The molecule has 0 saturated carbocycles. The maximum Gasteiger partial charge on any atom is 0.298 e. The molecule has 0 spiro atoms. The second-order valence-electron chi connectivity index (χ2n) is 5.15. The molecular formula is C18H14ClNO4S. The van der Waals surface area contributed by atoms with Crippen molar-refractivity contribution in [2.45, 2.75) is 6.92 Å². The lowest BCUT2D eigenvalue weighted by atomic mass is 10.2. The van der Waals surface area contributed by atoms with Gasteiger partial charge < -0.3 is 9.84 Å². The Bertz CT molecular complexity index is 864. The lowest BCUT2D eigenvalue weighted by Crippen LogP contribution is -2.27. The molecule has 25 heavy (non-hydrogen) atoms. The number of aromatic hydroxyl groups is 1. The van der Waals surface area contributed by atoms with Crippen molar-refractivity contribution in [3.8, 4) is 11.5 Å². The normalized spacial score (nSPS) is 15.9. The average Bonchev–Trinajstić information content (AvgIpc) is 2.85. The molecule has 1 saturated heterocycles. The molecule has 0 aliphatic carbocycles. The smallest absolute Gasteiger partial charge is 0.298 e. The van der Waals surface area contributed by atoms with Gasteiger partial charge in [0.2, 0.25) is 0 Å². The van der Waals surface area contributed by atoms with E-state index in [4.69, 9.17) is 16.3 Å². The topological polar surface area (TPSA) is 66.8 Å². The Hall–Kier alpha value is -2.44. The second kappa shape index (κ2) is 7.21. The Balaban J connectivity index is 1.87. The van der Waals surface area contributed by atoms with Crippen LogP contribution in [-0.4, -0.2) is 22.9 Å². The van der Waals surface area contributed by atoms with Gasteiger partial charge in [0.1, 0.15) is 0 Å². The van der Waals surface area contributed by atoms with Crippen molar-refractivity contribution in [3.63, 3.8) is 0 Å². The van der Waals surface area contributed by atoms with Gasteiger partial charge in [-0.25, -0.2) is 4.90 Å². The highest BCUT2D eigenvalue weighted by atomic mass is 35.5. The number of phenolic OH excluding ortho intramolecular Hbond substituents is 1. The molecule has 0 bridgehead atoms. The van der Waals surface area contributed by atoms with E-state index < -0.39 is 5.91 Å². The predicted molar refractivity (Wildman–Crippen MR) is 99.2 cm³/mol. The number of anilines is 1. The van der Waals surface area contributed by atoms with Gasteiger partial charge in [-0.1, -0.05) is 17.7 Å². The van der Waals surface area contributed by atoms with Gasteiger partial charge in [-0.05, 0) is 66.7 Å². The van der Waals surface area contributed by atoms with Crippen LogP contribution in [0.2, 0.25) is 5.02 Å². The molecule has 0 radical (unpaired) electrons. The van der Waals surface area contributed by atoms with Crippen LogP contribution in [0, 0.1) is 0 Å². The van der Waals surface area contributed by atoms with Crippen molar-refractivity contribution in [2.24, 2.45) is 0 Å². The molecule has 7 heteroatoms. The quantitative estimate of drug-likeness (QED) is 0.785. The highest BCUT2D eigenvalue weighted by Crippen LogP contribution is 2.37. The average molecular weight is 376 g/mol. The number of halogens is 1. The van der Waals surface area contributed by atoms with Gasteiger partial charge in [-0.15, -0.1) is 0 Å². The summed E-state index contributed by atoms with van der Waals surface area (Å²) in [6.45, 7) is 2.26. The van der Waals surface area contributed by atoms with Gasteiger partial charge >= 0.3 is 0 Å². The molecule has 2 aromatic carbocycles. The van der Waals surface area contributed by atoms with Gasteiger partial charge in [-0.2, -0.15) is 0 Å². The minimum Gasteiger partial charge on any atom is -0.504 e. The number of ether oxygens (including phenoxy) is 1. The zero-order valence-electron chi connectivity index (χ0n) is 13.2. The van der Waals surface area contributed by atoms with Crippen LogP contribution in [0.5, 0.6) is 11.5 Å². The summed E-state index contributed by atoms with van der Waals surface area (Å²) < 4.78 is 5.27. The van der Waals surface area contributed by atoms with Gasteiger partial charge in [0.05, 0.1) is 17.2 Å². The van der Waals surface area contributed by atoms with Crippen molar-refractivity contribution < 1.29 is 19.4 Å². The zero-order valence-corrected chi connectivity index (χ0v) is 14.8. The molecule has 1 N–H and O–H groups in total. The Labute approximate surface area is 153 Å². The van der Waals surface area contributed by atoms with Crippen molar-refractivity contribution in [3.05, 3.63) is 58.0 Å². The third kappa shape index (κ3) is 3.65. The summed E-state index contributed by atoms with van der Waals surface area (Å²) in [6, 6.07) is 11.3. The van der Waals surface area contributed by atoms with Gasteiger partial charge in [0.15, 0.2) is 11.5 Å². The molecule has 1 aliphatic heterocycles. The number of carbonyl (C=O) groups is 2. The van der Waals surface area contributed by atoms with Gasteiger partial charge in [0, 0.05) is 5.02 Å². The maximum atomic E-state index is 12.6. The first kappa shape index (κ1) is 17.4. The first-order valence-corrected chi connectivity index (χ1v) is 8.68. The molecule has 1 heterocycles. The monoisotopic (exact) mass is 375 g/mol. The second-order valence-corrected chi connectivity index (χ2v) is 6.58. The van der Waals surface area contributed by atoms with Crippen LogP contribution >= 0.6 is 23.4 Å². The zero-order chi connectivity index (χ0) is 18.0. The summed E-state index contributed by atoms with van der Waals surface area (Å²) in [6.07, 6.45) is 1.57.